The molecule has 0 amide bonds. The summed E-state index contributed by atoms with van der Waals surface area (Å²) >= 11 is 0. The molecule has 0 fully saturated rings. The lowest BCUT2D eigenvalue weighted by Crippen LogP contribution is -2.38. The Bertz CT molecular complexity index is 510. The van der Waals surface area contributed by atoms with Gasteiger partial charge in [0.2, 0.25) is 5.70 Å². The number of allylic oxidation sites excluding steroid dienone is 2. The smallest absolute Gasteiger partial charge is 0.218 e. The van der Waals surface area contributed by atoms with Crippen LogP contribution in [0.4, 0.5) is 0 Å². The van der Waals surface area contributed by atoms with Crippen molar-refractivity contribution in [3.63, 3.8) is 0 Å². The summed E-state index contributed by atoms with van der Waals surface area (Å²) in [6, 6.07) is 2.00. The first-order chi connectivity index (χ1) is 7.20. The highest BCUT2D eigenvalue weighted by Crippen LogP contribution is 2.07. The fourth-order valence-corrected chi connectivity index (χ4v) is 1.49. The molecule has 15 heavy (non-hydrogen) atoms. The second-order valence-electron chi connectivity index (χ2n) is 3.47. The molecule has 2 heterocycles. The van der Waals surface area contributed by atoms with Gasteiger partial charge in [-0.15, -0.1) is 9.36 Å². The summed E-state index contributed by atoms with van der Waals surface area (Å²) in [6.45, 7) is 2.05. The van der Waals surface area contributed by atoms with E-state index in [0.717, 1.165) is 11.4 Å². The highest BCUT2D eigenvalue weighted by molar-refractivity contribution is 6.03. The summed E-state index contributed by atoms with van der Waals surface area (Å²) in [5, 5.41) is 0. The van der Waals surface area contributed by atoms with E-state index < -0.39 is 0 Å². The normalized spacial score (nSPS) is 15.5. The fourth-order valence-electron chi connectivity index (χ4n) is 1.49. The lowest BCUT2D eigenvalue weighted by atomic mass is 10.3. The van der Waals surface area contributed by atoms with Crippen LogP contribution in [0.25, 0.3) is 5.70 Å². The van der Waals surface area contributed by atoms with E-state index in [1.807, 2.05) is 59.6 Å². The molecule has 0 aliphatic carbocycles. The van der Waals surface area contributed by atoms with Crippen molar-refractivity contribution in [2.45, 2.75) is 6.92 Å². The number of nitrogens with zero attached hydrogens (tertiary/aromatic N) is 4. The molecule has 4 heteroatoms. The molecule has 0 spiro atoms. The topological polar surface area (TPSA) is 24.2 Å². The second kappa shape index (κ2) is 3.67. The van der Waals surface area contributed by atoms with Crippen LogP contribution >= 0.6 is 0 Å². The van der Waals surface area contributed by atoms with E-state index in [9.17, 15) is 0 Å². The summed E-state index contributed by atoms with van der Waals surface area (Å²) in [5.41, 5.74) is 2.16. The van der Waals surface area contributed by atoms with Crippen LogP contribution in [0.3, 0.4) is 0 Å². The van der Waals surface area contributed by atoms with Crippen LogP contribution in [0.2, 0.25) is 0 Å². The standard InChI is InChI=1S/C11H14N4/c1-10-11(9-12-5-8-13(10)2)15-7-4-6-14(15)3/h4-7,9H,1-3H3/q+2. The number of rotatable bonds is 1. The maximum Gasteiger partial charge on any atom is 0.218 e. The number of hydrogen-bond acceptors (Lipinski definition) is 1. The van der Waals surface area contributed by atoms with E-state index in [4.69, 9.17) is 0 Å². The van der Waals surface area contributed by atoms with Gasteiger partial charge in [-0.2, -0.15) is 4.58 Å². The molecular formula is C11H14N4+2. The van der Waals surface area contributed by atoms with Gasteiger partial charge in [0, 0.05) is 13.0 Å². The van der Waals surface area contributed by atoms with Crippen LogP contribution < -0.4 is 4.68 Å². The monoisotopic (exact) mass is 202 g/mol. The van der Waals surface area contributed by atoms with Gasteiger partial charge in [0.25, 0.3) is 0 Å². The van der Waals surface area contributed by atoms with Crippen LogP contribution in [0.5, 0.6) is 0 Å². The first kappa shape index (κ1) is 9.62. The number of aliphatic imine (C=N–C) groups is 1. The molecule has 0 saturated carbocycles. The minimum Gasteiger partial charge on any atom is -0.248 e. The van der Waals surface area contributed by atoms with Gasteiger partial charge >= 0.3 is 0 Å². The second-order valence-corrected chi connectivity index (χ2v) is 3.47. The van der Waals surface area contributed by atoms with Gasteiger partial charge in [0.15, 0.2) is 24.8 Å². The Labute approximate surface area is 88.8 Å². The Balaban J connectivity index is 2.60. The molecule has 0 bridgehead atoms. The van der Waals surface area contributed by atoms with Crippen molar-refractivity contribution in [2.24, 2.45) is 12.0 Å². The predicted octanol–water partition coefficient (Wildman–Crippen LogP) is 0.411. The highest BCUT2D eigenvalue weighted by Gasteiger charge is 2.17. The van der Waals surface area contributed by atoms with Crippen molar-refractivity contribution in [3.8, 4) is 0 Å². The Morgan fingerprint density at radius 3 is 2.87 bits per heavy atom. The summed E-state index contributed by atoms with van der Waals surface area (Å²) in [6.07, 6.45) is 7.51. The molecule has 1 aliphatic heterocycles. The first-order valence-corrected chi connectivity index (χ1v) is 4.79. The molecule has 76 valence electrons. The number of hydrogen-bond donors (Lipinski definition) is 0. The summed E-state index contributed by atoms with van der Waals surface area (Å²) in [7, 11) is 3.96. The van der Waals surface area contributed by atoms with Gasteiger partial charge in [-0.1, -0.05) is 0 Å². The summed E-state index contributed by atoms with van der Waals surface area (Å²) < 4.78 is 5.97. The van der Waals surface area contributed by atoms with Gasteiger partial charge in [-0.25, -0.2) is 4.99 Å². The Morgan fingerprint density at radius 1 is 1.40 bits per heavy atom. The first-order valence-electron chi connectivity index (χ1n) is 4.79. The van der Waals surface area contributed by atoms with Crippen LogP contribution in [-0.2, 0) is 7.05 Å². The number of aromatic nitrogens is 2. The molecule has 4 nitrogen and oxygen atoms in total. The van der Waals surface area contributed by atoms with E-state index in [0.29, 0.717) is 0 Å². The molecule has 0 radical (unpaired) electrons. The third kappa shape index (κ3) is 1.67. The van der Waals surface area contributed by atoms with Crippen molar-refractivity contribution < 1.29 is 9.26 Å². The molecule has 1 aromatic rings. The minimum atomic E-state index is 1.05. The van der Waals surface area contributed by atoms with Crippen LogP contribution in [0.1, 0.15) is 6.92 Å². The highest BCUT2D eigenvalue weighted by atomic mass is 15.4. The SMILES string of the molecule is CC1=C(n2ccc[n+]2C)C=NC=C=[N+]1C. The third-order valence-corrected chi connectivity index (χ3v) is 2.51. The quantitative estimate of drug-likeness (QED) is 0.589. The van der Waals surface area contributed by atoms with Crippen molar-refractivity contribution in [1.82, 2.24) is 4.68 Å². The van der Waals surface area contributed by atoms with Crippen molar-refractivity contribution in [1.29, 1.82) is 0 Å². The molecule has 1 aliphatic rings. The molecule has 0 saturated heterocycles. The molecule has 0 N–H and O–H groups in total. The van der Waals surface area contributed by atoms with E-state index in [1.165, 1.54) is 0 Å². The zero-order valence-corrected chi connectivity index (χ0v) is 9.18. The average Bonchev–Trinajstić information content (AvgIpc) is 2.56. The average molecular weight is 202 g/mol. The molecule has 0 atom stereocenters. The van der Waals surface area contributed by atoms with Gasteiger partial charge < -0.3 is 0 Å². The van der Waals surface area contributed by atoms with Gasteiger partial charge in [0.05, 0.1) is 12.4 Å². The van der Waals surface area contributed by atoms with Gasteiger partial charge in [0.1, 0.15) is 13.2 Å². The largest absolute Gasteiger partial charge is 0.248 e. The number of aryl methyl sites for hydroxylation is 1. The van der Waals surface area contributed by atoms with Crippen LogP contribution in [0.15, 0.2) is 35.3 Å². The molecule has 2 rings (SSSR count). The van der Waals surface area contributed by atoms with Gasteiger partial charge in [-0.3, -0.25) is 0 Å². The van der Waals surface area contributed by atoms with E-state index >= 15 is 0 Å². The maximum absolute atomic E-state index is 4.16. The maximum atomic E-state index is 4.16. The lowest BCUT2D eigenvalue weighted by Gasteiger charge is -2.00. The Morgan fingerprint density at radius 2 is 2.20 bits per heavy atom. The van der Waals surface area contributed by atoms with Crippen LogP contribution in [0, 0.1) is 0 Å². The molecule has 1 aromatic heterocycles. The van der Waals surface area contributed by atoms with Crippen molar-refractivity contribution >= 4 is 17.8 Å². The molecular weight excluding hydrogens is 188 g/mol. The summed E-state index contributed by atoms with van der Waals surface area (Å²) in [5.74, 6) is 3.04. The van der Waals surface area contributed by atoms with E-state index in [-0.39, 0.29) is 0 Å². The van der Waals surface area contributed by atoms with Gasteiger partial charge in [-0.05, 0) is 0 Å². The predicted molar refractivity (Wildman–Crippen MR) is 58.8 cm³/mol. The third-order valence-electron chi connectivity index (χ3n) is 2.51. The van der Waals surface area contributed by atoms with Crippen molar-refractivity contribution in [2.75, 3.05) is 7.05 Å². The molecule has 0 unspecified atom stereocenters. The van der Waals surface area contributed by atoms with E-state index in [2.05, 4.69) is 10.9 Å². The zero-order chi connectivity index (χ0) is 10.8. The fraction of sp³-hybridized carbons (Fsp3) is 0.273. The zero-order valence-electron chi connectivity index (χ0n) is 9.18. The molecule has 0 aromatic carbocycles. The Kier molecular flexibility index (Phi) is 2.35. The van der Waals surface area contributed by atoms with Crippen LogP contribution in [-0.4, -0.2) is 28.4 Å². The van der Waals surface area contributed by atoms with Crippen molar-refractivity contribution in [3.05, 3.63) is 30.4 Å². The van der Waals surface area contributed by atoms with E-state index in [1.54, 1.807) is 6.20 Å². The lowest BCUT2D eigenvalue weighted by molar-refractivity contribution is -0.742. The minimum absolute atomic E-state index is 1.05. The summed E-state index contributed by atoms with van der Waals surface area (Å²) in [4.78, 5) is 4.16. The Hall–Kier alpha value is -1.93.